The molecule has 0 bridgehead atoms. The number of rotatable bonds is 1. The molecule has 0 aromatic carbocycles. The summed E-state index contributed by atoms with van der Waals surface area (Å²) in [4.78, 5) is 0. The zero-order valence-electron chi connectivity index (χ0n) is 8.28. The van der Waals surface area contributed by atoms with E-state index in [2.05, 4.69) is 44.1 Å². The standard InChI is InChI=1S/C11H14N2/c1-8(2)10-7-12-13-9(3)5-4-6-11(10)13/h4-8H,1-3H3. The molecule has 0 N–H and O–H groups in total. The molecule has 13 heavy (non-hydrogen) atoms. The highest BCUT2D eigenvalue weighted by Crippen LogP contribution is 2.20. The molecule has 2 heteroatoms. The summed E-state index contributed by atoms with van der Waals surface area (Å²) in [6.45, 7) is 6.46. The van der Waals surface area contributed by atoms with Crippen molar-refractivity contribution in [2.45, 2.75) is 26.7 Å². The van der Waals surface area contributed by atoms with Gasteiger partial charge in [0, 0.05) is 11.3 Å². The van der Waals surface area contributed by atoms with Crippen LogP contribution in [-0.4, -0.2) is 9.61 Å². The minimum Gasteiger partial charge on any atom is -0.238 e. The molecule has 0 spiro atoms. The van der Waals surface area contributed by atoms with E-state index in [1.54, 1.807) is 0 Å². The first-order valence-corrected chi connectivity index (χ1v) is 4.63. The first-order valence-electron chi connectivity index (χ1n) is 4.63. The van der Waals surface area contributed by atoms with Crippen LogP contribution in [0.4, 0.5) is 0 Å². The molecule has 0 atom stereocenters. The fraction of sp³-hybridized carbons (Fsp3) is 0.364. The maximum atomic E-state index is 4.36. The molecule has 0 unspecified atom stereocenters. The van der Waals surface area contributed by atoms with Crippen LogP contribution < -0.4 is 0 Å². The van der Waals surface area contributed by atoms with E-state index in [0.29, 0.717) is 5.92 Å². The van der Waals surface area contributed by atoms with Gasteiger partial charge in [-0.2, -0.15) is 5.10 Å². The Morgan fingerprint density at radius 3 is 2.77 bits per heavy atom. The van der Waals surface area contributed by atoms with E-state index in [0.717, 1.165) is 0 Å². The summed E-state index contributed by atoms with van der Waals surface area (Å²) >= 11 is 0. The van der Waals surface area contributed by atoms with Crippen molar-refractivity contribution < 1.29 is 0 Å². The predicted octanol–water partition coefficient (Wildman–Crippen LogP) is 2.77. The third-order valence-corrected chi connectivity index (χ3v) is 2.38. The van der Waals surface area contributed by atoms with E-state index in [9.17, 15) is 0 Å². The summed E-state index contributed by atoms with van der Waals surface area (Å²) in [6, 6.07) is 6.28. The summed E-state index contributed by atoms with van der Waals surface area (Å²) < 4.78 is 2.00. The van der Waals surface area contributed by atoms with Gasteiger partial charge >= 0.3 is 0 Å². The molecule has 2 aromatic heterocycles. The van der Waals surface area contributed by atoms with Crippen LogP contribution in [0.5, 0.6) is 0 Å². The van der Waals surface area contributed by atoms with E-state index >= 15 is 0 Å². The Kier molecular flexibility index (Phi) is 1.83. The second-order valence-corrected chi connectivity index (χ2v) is 3.72. The Balaban J connectivity index is 2.75. The summed E-state index contributed by atoms with van der Waals surface area (Å²) in [5, 5.41) is 4.36. The number of nitrogens with zero attached hydrogens (tertiary/aromatic N) is 2. The second-order valence-electron chi connectivity index (χ2n) is 3.72. The Labute approximate surface area is 78.2 Å². The fourth-order valence-electron chi connectivity index (χ4n) is 1.61. The largest absolute Gasteiger partial charge is 0.238 e. The highest BCUT2D eigenvalue weighted by atomic mass is 15.2. The lowest BCUT2D eigenvalue weighted by molar-refractivity contribution is 0.875. The molecule has 2 aromatic rings. The minimum atomic E-state index is 0.541. The van der Waals surface area contributed by atoms with Gasteiger partial charge in [0.05, 0.1) is 11.7 Å². The van der Waals surface area contributed by atoms with Crippen molar-refractivity contribution in [1.82, 2.24) is 9.61 Å². The van der Waals surface area contributed by atoms with Crippen LogP contribution in [0.3, 0.4) is 0 Å². The Morgan fingerprint density at radius 1 is 1.31 bits per heavy atom. The number of fused-ring (bicyclic) bond motifs is 1. The van der Waals surface area contributed by atoms with Crippen molar-refractivity contribution in [3.63, 3.8) is 0 Å². The van der Waals surface area contributed by atoms with Gasteiger partial charge in [-0.25, -0.2) is 4.52 Å². The zero-order valence-corrected chi connectivity index (χ0v) is 8.28. The average Bonchev–Trinajstić information content (AvgIpc) is 2.48. The van der Waals surface area contributed by atoms with Crippen molar-refractivity contribution in [2.75, 3.05) is 0 Å². The molecular weight excluding hydrogens is 160 g/mol. The van der Waals surface area contributed by atoms with E-state index < -0.39 is 0 Å². The van der Waals surface area contributed by atoms with E-state index in [1.165, 1.54) is 16.8 Å². The van der Waals surface area contributed by atoms with Crippen molar-refractivity contribution in [3.8, 4) is 0 Å². The van der Waals surface area contributed by atoms with Gasteiger partial charge < -0.3 is 0 Å². The SMILES string of the molecule is Cc1cccc2c(C(C)C)cnn12. The Hall–Kier alpha value is -1.31. The summed E-state index contributed by atoms with van der Waals surface area (Å²) in [7, 11) is 0. The van der Waals surface area contributed by atoms with Crippen molar-refractivity contribution in [3.05, 3.63) is 35.7 Å². The maximum Gasteiger partial charge on any atom is 0.0699 e. The number of aryl methyl sites for hydroxylation is 1. The summed E-state index contributed by atoms with van der Waals surface area (Å²) in [6.07, 6.45) is 1.97. The lowest BCUT2D eigenvalue weighted by Crippen LogP contribution is -1.92. The van der Waals surface area contributed by atoms with Crippen LogP contribution >= 0.6 is 0 Å². The molecule has 0 aliphatic heterocycles. The highest BCUT2D eigenvalue weighted by Gasteiger charge is 2.07. The third-order valence-electron chi connectivity index (χ3n) is 2.38. The Bertz CT molecular complexity index is 427. The molecule has 2 nitrogen and oxygen atoms in total. The van der Waals surface area contributed by atoms with Crippen LogP contribution in [0.15, 0.2) is 24.4 Å². The minimum absolute atomic E-state index is 0.541. The molecule has 0 fully saturated rings. The molecule has 0 saturated carbocycles. The van der Waals surface area contributed by atoms with Crippen LogP contribution in [0.1, 0.15) is 31.0 Å². The van der Waals surface area contributed by atoms with E-state index in [1.807, 2.05) is 10.7 Å². The molecule has 0 radical (unpaired) electrons. The molecule has 0 aliphatic rings. The van der Waals surface area contributed by atoms with Crippen LogP contribution in [0.2, 0.25) is 0 Å². The number of pyridine rings is 1. The molecule has 2 heterocycles. The predicted molar refractivity (Wildman–Crippen MR) is 54.0 cm³/mol. The van der Waals surface area contributed by atoms with Crippen LogP contribution in [-0.2, 0) is 0 Å². The molecule has 0 saturated heterocycles. The number of aromatic nitrogens is 2. The molecule has 0 aliphatic carbocycles. The third kappa shape index (κ3) is 1.22. The second kappa shape index (κ2) is 2.87. The lowest BCUT2D eigenvalue weighted by Gasteiger charge is -2.02. The van der Waals surface area contributed by atoms with Crippen molar-refractivity contribution in [2.24, 2.45) is 0 Å². The first-order chi connectivity index (χ1) is 6.20. The van der Waals surface area contributed by atoms with E-state index in [4.69, 9.17) is 0 Å². The number of hydrogen-bond acceptors (Lipinski definition) is 1. The van der Waals surface area contributed by atoms with Crippen LogP contribution in [0.25, 0.3) is 5.52 Å². The van der Waals surface area contributed by atoms with Gasteiger partial charge in [0.2, 0.25) is 0 Å². The molecule has 2 rings (SSSR count). The first kappa shape index (κ1) is 8.30. The van der Waals surface area contributed by atoms with Gasteiger partial charge in [-0.05, 0) is 25.0 Å². The van der Waals surface area contributed by atoms with Gasteiger partial charge in [0.25, 0.3) is 0 Å². The summed E-state index contributed by atoms with van der Waals surface area (Å²) in [5.74, 6) is 0.541. The van der Waals surface area contributed by atoms with Gasteiger partial charge in [-0.1, -0.05) is 19.9 Å². The number of hydrogen-bond donors (Lipinski definition) is 0. The van der Waals surface area contributed by atoms with Crippen LogP contribution in [0, 0.1) is 6.92 Å². The fourth-order valence-corrected chi connectivity index (χ4v) is 1.61. The van der Waals surface area contributed by atoms with Gasteiger partial charge in [0.15, 0.2) is 0 Å². The van der Waals surface area contributed by atoms with E-state index in [-0.39, 0.29) is 0 Å². The molecular formula is C11H14N2. The highest BCUT2D eigenvalue weighted by molar-refractivity contribution is 5.55. The van der Waals surface area contributed by atoms with Gasteiger partial charge in [-0.15, -0.1) is 0 Å². The lowest BCUT2D eigenvalue weighted by atomic mass is 10.1. The Morgan fingerprint density at radius 2 is 2.08 bits per heavy atom. The van der Waals surface area contributed by atoms with Crippen molar-refractivity contribution >= 4 is 5.52 Å². The smallest absolute Gasteiger partial charge is 0.0699 e. The molecule has 0 amide bonds. The molecule has 68 valence electrons. The topological polar surface area (TPSA) is 17.3 Å². The summed E-state index contributed by atoms with van der Waals surface area (Å²) in [5.41, 5.74) is 3.74. The average molecular weight is 174 g/mol. The quantitative estimate of drug-likeness (QED) is 0.649. The monoisotopic (exact) mass is 174 g/mol. The van der Waals surface area contributed by atoms with Gasteiger partial charge in [-0.3, -0.25) is 0 Å². The van der Waals surface area contributed by atoms with Gasteiger partial charge in [0.1, 0.15) is 0 Å². The zero-order chi connectivity index (χ0) is 9.42. The normalized spacial score (nSPS) is 11.4. The maximum absolute atomic E-state index is 4.36. The van der Waals surface area contributed by atoms with Crippen molar-refractivity contribution in [1.29, 1.82) is 0 Å².